The van der Waals surface area contributed by atoms with Crippen molar-refractivity contribution in [3.05, 3.63) is 11.4 Å². The van der Waals surface area contributed by atoms with E-state index in [4.69, 9.17) is 4.74 Å². The summed E-state index contributed by atoms with van der Waals surface area (Å²) in [6, 6.07) is -0.152. The van der Waals surface area contributed by atoms with Crippen molar-refractivity contribution in [2.24, 2.45) is 17.8 Å². The molecule has 2 aliphatic rings. The van der Waals surface area contributed by atoms with Crippen LogP contribution in [0.1, 0.15) is 94.9 Å². The summed E-state index contributed by atoms with van der Waals surface area (Å²) in [6.07, 6.45) is 5.30. The second-order valence-electron chi connectivity index (χ2n) is 11.6. The molecule has 1 heterocycles. The molecule has 0 aromatic heterocycles. The van der Waals surface area contributed by atoms with E-state index in [1.54, 1.807) is 4.90 Å². The van der Waals surface area contributed by atoms with Crippen LogP contribution in [0.4, 0.5) is 4.79 Å². The highest BCUT2D eigenvalue weighted by atomic mass is 28.3. The molecule has 0 saturated heterocycles. The van der Waals surface area contributed by atoms with Crippen molar-refractivity contribution >= 4 is 20.0 Å². The zero-order chi connectivity index (χ0) is 23.7. The number of carbonyl (C=O) groups excluding carboxylic acids is 2. The van der Waals surface area contributed by atoms with Gasteiger partial charge in [-0.1, -0.05) is 68.7 Å². The quantitative estimate of drug-likeness (QED) is 0.398. The number of hydrogen-bond acceptors (Lipinski definition) is 3. The van der Waals surface area contributed by atoms with Crippen LogP contribution in [0.25, 0.3) is 0 Å². The van der Waals surface area contributed by atoms with Crippen molar-refractivity contribution in [3.8, 4) is 0 Å². The Kier molecular flexibility index (Phi) is 8.63. The van der Waals surface area contributed by atoms with Crippen molar-refractivity contribution in [2.75, 3.05) is 0 Å². The van der Waals surface area contributed by atoms with Gasteiger partial charge < -0.3 is 4.74 Å². The normalized spacial score (nSPS) is 28.0. The van der Waals surface area contributed by atoms with Crippen LogP contribution in [0.5, 0.6) is 0 Å². The maximum atomic E-state index is 13.4. The minimum absolute atomic E-state index is 0.0276. The number of ether oxygens (including phenoxy) is 1. The van der Waals surface area contributed by atoms with Crippen LogP contribution in [0, 0.1) is 17.8 Å². The molecule has 31 heavy (non-hydrogen) atoms. The number of amides is 1. The number of rotatable bonds is 6. The number of Topliss-reactive ketones (excluding diaryl/α,β-unsaturated/α-hetero) is 1. The second-order valence-corrected chi connectivity index (χ2v) is 17.4. The lowest BCUT2D eigenvalue weighted by atomic mass is 9.75. The Morgan fingerprint density at radius 3 is 2.03 bits per heavy atom. The SMILES string of the molecule is CC(C)[C@@H]1CC[C@@H](C)C[C@H]1OC(=O)N1C=C([Si](C(C)C)(C(C)C)C(C)C)C(=O)C[C@@H]1C. The number of hydrogen-bond donors (Lipinski definition) is 0. The van der Waals surface area contributed by atoms with Gasteiger partial charge in [-0.2, -0.15) is 0 Å². The monoisotopic (exact) mass is 449 g/mol. The molecule has 1 saturated carbocycles. The van der Waals surface area contributed by atoms with Crippen LogP contribution in [0.15, 0.2) is 11.4 Å². The van der Waals surface area contributed by atoms with E-state index in [-0.39, 0.29) is 24.0 Å². The third-order valence-corrected chi connectivity index (χ3v) is 15.4. The maximum absolute atomic E-state index is 13.4. The highest BCUT2D eigenvalue weighted by Gasteiger charge is 2.50. The topological polar surface area (TPSA) is 46.6 Å². The molecule has 4 atom stereocenters. The average molecular weight is 450 g/mol. The Labute approximate surface area is 192 Å². The second kappa shape index (κ2) is 10.2. The first-order chi connectivity index (χ1) is 14.3. The minimum Gasteiger partial charge on any atom is -0.446 e. The van der Waals surface area contributed by atoms with Crippen LogP contribution < -0.4 is 0 Å². The summed E-state index contributed by atoms with van der Waals surface area (Å²) < 4.78 is 6.17. The van der Waals surface area contributed by atoms with Crippen LogP contribution >= 0.6 is 0 Å². The Hall–Kier alpha value is -1.10. The zero-order valence-corrected chi connectivity index (χ0v) is 22.7. The van der Waals surface area contributed by atoms with Crippen molar-refractivity contribution in [2.45, 2.75) is 124 Å². The van der Waals surface area contributed by atoms with E-state index in [9.17, 15) is 9.59 Å². The highest BCUT2D eigenvalue weighted by Crippen LogP contribution is 2.48. The van der Waals surface area contributed by atoms with Crippen molar-refractivity contribution in [3.63, 3.8) is 0 Å². The smallest absolute Gasteiger partial charge is 0.414 e. The molecule has 0 radical (unpaired) electrons. The van der Waals surface area contributed by atoms with E-state index >= 15 is 0 Å². The fourth-order valence-corrected chi connectivity index (χ4v) is 13.6. The van der Waals surface area contributed by atoms with Gasteiger partial charge in [0.05, 0.1) is 0 Å². The predicted octanol–water partition coefficient (Wildman–Crippen LogP) is 7.35. The molecule has 1 aliphatic carbocycles. The summed E-state index contributed by atoms with van der Waals surface area (Å²) in [5.74, 6) is 1.74. The van der Waals surface area contributed by atoms with Gasteiger partial charge in [0.2, 0.25) is 0 Å². The van der Waals surface area contributed by atoms with Gasteiger partial charge in [0, 0.05) is 18.7 Å². The van der Waals surface area contributed by atoms with Crippen molar-refractivity contribution in [1.29, 1.82) is 0 Å². The number of allylic oxidation sites excluding steroid dienone is 1. The van der Waals surface area contributed by atoms with Gasteiger partial charge in [0.15, 0.2) is 5.78 Å². The summed E-state index contributed by atoms with van der Waals surface area (Å²) in [5.41, 5.74) is 1.29. The molecule has 0 aromatic rings. The summed E-state index contributed by atoms with van der Waals surface area (Å²) in [7, 11) is -2.14. The molecule has 0 bridgehead atoms. The fourth-order valence-electron chi connectivity index (χ4n) is 6.77. The van der Waals surface area contributed by atoms with Gasteiger partial charge in [-0.15, -0.1) is 0 Å². The molecule has 2 rings (SSSR count). The third kappa shape index (κ3) is 5.12. The van der Waals surface area contributed by atoms with Gasteiger partial charge in [-0.05, 0) is 59.3 Å². The summed E-state index contributed by atoms with van der Waals surface area (Å²) in [5, 5.41) is 0.944. The minimum atomic E-state index is -2.14. The number of ketones is 1. The molecule has 1 aliphatic heterocycles. The van der Waals surface area contributed by atoms with E-state index < -0.39 is 8.07 Å². The van der Waals surface area contributed by atoms with E-state index in [1.807, 2.05) is 13.1 Å². The molecule has 5 heteroatoms. The maximum Gasteiger partial charge on any atom is 0.414 e. The first-order valence-corrected chi connectivity index (χ1v) is 14.8. The van der Waals surface area contributed by atoms with E-state index in [0.29, 0.717) is 40.8 Å². The number of nitrogens with zero attached hydrogens (tertiary/aromatic N) is 1. The summed E-state index contributed by atoms with van der Waals surface area (Å²) >= 11 is 0. The molecule has 0 aromatic carbocycles. The standard InChI is InChI=1S/C26H47NO3Si/c1-16(2)22-12-11-20(9)13-24(22)30-26(29)27-15-25(23(28)14-21(27)10)31(17(3)4,18(5)6)19(7)8/h15-22,24H,11-14H2,1-10H3/t20-,21+,22+,24-/m1/s1. The molecule has 0 spiro atoms. The first kappa shape index (κ1) is 26.2. The lowest BCUT2D eigenvalue weighted by Crippen LogP contribution is -2.53. The molecular weight excluding hydrogens is 402 g/mol. The Balaban J connectivity index is 2.39. The molecule has 0 unspecified atom stereocenters. The van der Waals surface area contributed by atoms with Gasteiger partial charge in [-0.25, -0.2) is 4.79 Å². The van der Waals surface area contributed by atoms with Crippen molar-refractivity contribution < 1.29 is 14.3 Å². The molecular formula is C26H47NO3Si. The van der Waals surface area contributed by atoms with Crippen molar-refractivity contribution in [1.82, 2.24) is 4.90 Å². The molecule has 1 fully saturated rings. The molecule has 0 N–H and O–H groups in total. The third-order valence-electron chi connectivity index (χ3n) is 8.28. The summed E-state index contributed by atoms with van der Waals surface area (Å²) in [4.78, 5) is 28.5. The predicted molar refractivity (Wildman–Crippen MR) is 132 cm³/mol. The Morgan fingerprint density at radius 1 is 1.00 bits per heavy atom. The Bertz CT molecular complexity index is 660. The van der Waals surface area contributed by atoms with Crippen LogP contribution in [0.3, 0.4) is 0 Å². The lowest BCUT2D eigenvalue weighted by Gasteiger charge is -2.47. The first-order valence-electron chi connectivity index (χ1n) is 12.6. The van der Waals surface area contributed by atoms with Crippen LogP contribution in [-0.2, 0) is 9.53 Å². The fraction of sp³-hybridized carbons (Fsp3) is 0.846. The molecule has 178 valence electrons. The Morgan fingerprint density at radius 2 is 1.55 bits per heavy atom. The van der Waals surface area contributed by atoms with Gasteiger partial charge in [-0.3, -0.25) is 9.69 Å². The van der Waals surface area contributed by atoms with E-state index in [1.165, 1.54) is 6.42 Å². The van der Waals surface area contributed by atoms with E-state index in [2.05, 4.69) is 62.3 Å². The molecule has 1 amide bonds. The van der Waals surface area contributed by atoms with E-state index in [0.717, 1.165) is 18.0 Å². The van der Waals surface area contributed by atoms with Crippen LogP contribution in [0.2, 0.25) is 16.6 Å². The van der Waals surface area contributed by atoms with Gasteiger partial charge in [0.1, 0.15) is 14.2 Å². The molecule has 4 nitrogen and oxygen atoms in total. The highest BCUT2D eigenvalue weighted by molar-refractivity contribution is 6.93. The zero-order valence-electron chi connectivity index (χ0n) is 21.7. The average Bonchev–Trinajstić information content (AvgIpc) is 2.62. The largest absolute Gasteiger partial charge is 0.446 e. The van der Waals surface area contributed by atoms with Gasteiger partial charge >= 0.3 is 6.09 Å². The summed E-state index contributed by atoms with van der Waals surface area (Å²) in [6.45, 7) is 22.3. The van der Waals surface area contributed by atoms with Crippen LogP contribution in [-0.4, -0.2) is 37.0 Å². The lowest BCUT2D eigenvalue weighted by molar-refractivity contribution is -0.116. The van der Waals surface area contributed by atoms with Gasteiger partial charge in [0.25, 0.3) is 0 Å². The number of carbonyl (C=O) groups is 2.